The van der Waals surface area contributed by atoms with Gasteiger partial charge in [0.15, 0.2) is 0 Å². The maximum absolute atomic E-state index is 14.5. The summed E-state index contributed by atoms with van der Waals surface area (Å²) in [5, 5.41) is 8.82. The Bertz CT molecular complexity index is 1450. The Kier molecular flexibility index (Phi) is 14.8. The largest absolute Gasteiger partial charge is 0.372 e. The zero-order valence-corrected chi connectivity index (χ0v) is 28.6. The number of carbonyl (C=O) groups is 4. The van der Waals surface area contributed by atoms with Crippen LogP contribution in [0, 0.1) is 5.92 Å². The molecule has 0 bridgehead atoms. The highest BCUT2D eigenvalue weighted by Gasteiger charge is 2.43. The molecule has 1 saturated heterocycles. The maximum atomic E-state index is 14.5. The molecule has 1 aliphatic heterocycles. The minimum absolute atomic E-state index is 0.164. The van der Waals surface area contributed by atoms with Crippen molar-refractivity contribution < 1.29 is 23.9 Å². The lowest BCUT2D eigenvalue weighted by atomic mass is 9.98. The number of nitrogens with two attached hydrogens (primary N) is 1. The van der Waals surface area contributed by atoms with Gasteiger partial charge in [0.1, 0.15) is 18.1 Å². The number of benzene rings is 2. The van der Waals surface area contributed by atoms with E-state index in [1.165, 1.54) is 11.2 Å². The smallest absolute Gasteiger partial charge is 0.246 e. The van der Waals surface area contributed by atoms with E-state index in [9.17, 15) is 19.2 Å². The zero-order chi connectivity index (χ0) is 35.0. The first-order valence-corrected chi connectivity index (χ1v) is 17.4. The number of aromatic amines is 1. The number of hydrogen-bond donors (Lipinski definition) is 5. The second kappa shape index (κ2) is 19.4. The zero-order valence-electron chi connectivity index (χ0n) is 28.6. The van der Waals surface area contributed by atoms with E-state index in [2.05, 4.69) is 25.9 Å². The summed E-state index contributed by atoms with van der Waals surface area (Å²) in [5.74, 6) is -1.63. The van der Waals surface area contributed by atoms with Crippen molar-refractivity contribution in [3.8, 4) is 0 Å². The Morgan fingerprint density at radius 2 is 1.65 bits per heavy atom. The van der Waals surface area contributed by atoms with Crippen LogP contribution in [0.1, 0.15) is 62.8 Å². The topological polar surface area (TPSA) is 172 Å². The van der Waals surface area contributed by atoms with Crippen molar-refractivity contribution in [2.45, 2.75) is 89.6 Å². The number of carbonyl (C=O) groups excluding carboxylic acids is 4. The summed E-state index contributed by atoms with van der Waals surface area (Å²) in [6, 6.07) is 16.4. The van der Waals surface area contributed by atoms with Gasteiger partial charge in [0, 0.05) is 50.2 Å². The Morgan fingerprint density at radius 1 is 0.959 bits per heavy atom. The summed E-state index contributed by atoms with van der Waals surface area (Å²) in [5.41, 5.74) is 8.14. The fourth-order valence-electron chi connectivity index (χ4n) is 6.14. The van der Waals surface area contributed by atoms with E-state index >= 15 is 0 Å². The molecule has 2 heterocycles. The van der Waals surface area contributed by atoms with E-state index in [0.717, 1.165) is 17.5 Å². The third kappa shape index (κ3) is 11.3. The molecule has 3 aromatic rings. The molecule has 0 aliphatic carbocycles. The van der Waals surface area contributed by atoms with Gasteiger partial charge in [-0.3, -0.25) is 19.2 Å². The van der Waals surface area contributed by atoms with Crippen LogP contribution >= 0.6 is 0 Å². The molecule has 1 aromatic heterocycles. The lowest BCUT2D eigenvalue weighted by molar-refractivity contribution is -0.142. The average Bonchev–Trinajstić information content (AvgIpc) is 3.80. The predicted octanol–water partition coefficient (Wildman–Crippen LogP) is 2.64. The number of nitrogens with one attached hydrogen (secondary N) is 4. The van der Waals surface area contributed by atoms with Gasteiger partial charge in [0.05, 0.1) is 19.0 Å². The molecule has 1 aliphatic rings. The van der Waals surface area contributed by atoms with Crippen LogP contribution in [0.3, 0.4) is 0 Å². The highest BCUT2D eigenvalue weighted by molar-refractivity contribution is 5.95. The number of likely N-dealkylation sites (tertiary alicyclic amines) is 1. The van der Waals surface area contributed by atoms with E-state index in [1.54, 1.807) is 6.20 Å². The van der Waals surface area contributed by atoms with Crippen LogP contribution in [-0.2, 0) is 43.4 Å². The molecule has 5 atom stereocenters. The second-order valence-electron chi connectivity index (χ2n) is 12.6. The first-order chi connectivity index (χ1) is 23.8. The van der Waals surface area contributed by atoms with E-state index in [0.29, 0.717) is 51.1 Å². The third-order valence-corrected chi connectivity index (χ3v) is 8.87. The van der Waals surface area contributed by atoms with Gasteiger partial charge in [-0.2, -0.15) is 0 Å². The van der Waals surface area contributed by atoms with E-state index in [4.69, 9.17) is 10.5 Å². The molecule has 2 unspecified atom stereocenters. The fourth-order valence-corrected chi connectivity index (χ4v) is 6.14. The lowest BCUT2D eigenvalue weighted by Crippen LogP contribution is -2.58. The minimum Gasteiger partial charge on any atom is -0.372 e. The van der Waals surface area contributed by atoms with Gasteiger partial charge in [-0.15, -0.1) is 0 Å². The Morgan fingerprint density at radius 3 is 2.29 bits per heavy atom. The molecule has 4 rings (SSSR count). The Hall–Kier alpha value is -4.55. The molecule has 6 N–H and O–H groups in total. The molecular weight excluding hydrogens is 622 g/mol. The lowest BCUT2D eigenvalue weighted by Gasteiger charge is -2.30. The van der Waals surface area contributed by atoms with Gasteiger partial charge < -0.3 is 36.3 Å². The van der Waals surface area contributed by atoms with Crippen LogP contribution in [0.2, 0.25) is 0 Å². The standard InChI is InChI=1S/C37H51N7O5/c1-3-12-28(4-2)34(45)42-31(20-29-22-39-25-41-29)35(46)43-32(19-26-13-7-5-8-14-26)37(48)44-23-30(49-24-27-15-9-6-10-16-27)21-33(44)36(47)40-18-11-17-38/h5-10,13-16,22,25,28,30-33H,3-4,11-12,17-21,23-24,38H2,1-2H3,(H,39,41)(H,40,47)(H,42,45)(H,43,46)/t28?,30-,31-,32+,33?/m0/s1. The fraction of sp³-hybridized carbons (Fsp3) is 0.486. The average molecular weight is 674 g/mol. The normalized spacial score (nSPS) is 17.6. The molecule has 12 nitrogen and oxygen atoms in total. The molecule has 12 heteroatoms. The number of amides is 4. The number of aromatic nitrogens is 2. The summed E-state index contributed by atoms with van der Waals surface area (Å²) in [7, 11) is 0. The van der Waals surface area contributed by atoms with Crippen LogP contribution in [0.25, 0.3) is 0 Å². The van der Waals surface area contributed by atoms with Crippen molar-refractivity contribution in [1.82, 2.24) is 30.8 Å². The maximum Gasteiger partial charge on any atom is 0.246 e. The molecule has 49 heavy (non-hydrogen) atoms. The van der Waals surface area contributed by atoms with E-state index < -0.39 is 29.9 Å². The predicted molar refractivity (Wildman–Crippen MR) is 187 cm³/mol. The van der Waals surface area contributed by atoms with Crippen LogP contribution in [0.15, 0.2) is 73.2 Å². The number of rotatable bonds is 19. The molecule has 0 radical (unpaired) electrons. The van der Waals surface area contributed by atoms with Crippen LogP contribution in [-0.4, -0.2) is 82.4 Å². The highest BCUT2D eigenvalue weighted by Crippen LogP contribution is 2.24. The summed E-state index contributed by atoms with van der Waals surface area (Å²) in [4.78, 5) is 63.9. The van der Waals surface area contributed by atoms with Crippen molar-refractivity contribution >= 4 is 23.6 Å². The molecule has 1 fully saturated rings. The van der Waals surface area contributed by atoms with Crippen molar-refractivity contribution in [3.05, 3.63) is 90.0 Å². The van der Waals surface area contributed by atoms with Crippen LogP contribution < -0.4 is 21.7 Å². The summed E-state index contributed by atoms with van der Waals surface area (Å²) in [6.45, 7) is 5.31. The van der Waals surface area contributed by atoms with E-state index in [1.807, 2.05) is 74.5 Å². The first-order valence-electron chi connectivity index (χ1n) is 17.4. The minimum atomic E-state index is -1.01. The molecule has 0 spiro atoms. The SMILES string of the molecule is CCCC(CC)C(=O)N[C@@H](Cc1cnc[nH]1)C(=O)N[C@H](Cc1ccccc1)C(=O)N1C[C@@H](OCc2ccccc2)CC1C(=O)NCCCN. The highest BCUT2D eigenvalue weighted by atomic mass is 16.5. The Labute approximate surface area is 289 Å². The third-order valence-electron chi connectivity index (χ3n) is 8.87. The summed E-state index contributed by atoms with van der Waals surface area (Å²) < 4.78 is 6.21. The quantitative estimate of drug-likeness (QED) is 0.122. The van der Waals surface area contributed by atoms with Gasteiger partial charge in [-0.25, -0.2) is 4.98 Å². The van der Waals surface area contributed by atoms with Crippen molar-refractivity contribution in [2.24, 2.45) is 11.7 Å². The number of ether oxygens (including phenoxy) is 1. The number of hydrogen-bond acceptors (Lipinski definition) is 7. The van der Waals surface area contributed by atoms with Gasteiger partial charge in [0.25, 0.3) is 0 Å². The van der Waals surface area contributed by atoms with Crippen molar-refractivity contribution in [1.29, 1.82) is 0 Å². The number of H-pyrrole nitrogens is 1. The van der Waals surface area contributed by atoms with Gasteiger partial charge in [0.2, 0.25) is 23.6 Å². The van der Waals surface area contributed by atoms with Crippen LogP contribution in [0.5, 0.6) is 0 Å². The van der Waals surface area contributed by atoms with Gasteiger partial charge in [-0.1, -0.05) is 80.9 Å². The Balaban J connectivity index is 1.58. The first kappa shape index (κ1) is 37.3. The number of nitrogens with zero attached hydrogens (tertiary/aromatic N) is 2. The summed E-state index contributed by atoms with van der Waals surface area (Å²) >= 11 is 0. The van der Waals surface area contributed by atoms with Crippen LogP contribution in [0.4, 0.5) is 0 Å². The van der Waals surface area contributed by atoms with Crippen molar-refractivity contribution in [2.75, 3.05) is 19.6 Å². The van der Waals surface area contributed by atoms with Gasteiger partial charge >= 0.3 is 0 Å². The van der Waals surface area contributed by atoms with E-state index in [-0.39, 0.29) is 43.2 Å². The van der Waals surface area contributed by atoms with Crippen molar-refractivity contribution in [3.63, 3.8) is 0 Å². The molecular formula is C37H51N7O5. The molecule has 4 amide bonds. The van der Waals surface area contributed by atoms with Gasteiger partial charge in [-0.05, 0) is 36.9 Å². The molecule has 2 aromatic carbocycles. The monoisotopic (exact) mass is 673 g/mol. The molecule has 0 saturated carbocycles. The molecule has 264 valence electrons. The second-order valence-corrected chi connectivity index (χ2v) is 12.6. The number of imidazole rings is 1. The summed E-state index contributed by atoms with van der Waals surface area (Å²) in [6.07, 6.45) is 6.19.